The van der Waals surface area contributed by atoms with Gasteiger partial charge >= 0.3 is 6.03 Å². The van der Waals surface area contributed by atoms with Crippen molar-refractivity contribution < 1.29 is 4.79 Å². The van der Waals surface area contributed by atoms with E-state index in [9.17, 15) is 4.79 Å². The fraction of sp³-hybridized carbons (Fsp3) is 0.385. The molecule has 0 heterocycles. The zero-order valence-corrected chi connectivity index (χ0v) is 10.4. The molecule has 1 rings (SSSR count). The summed E-state index contributed by atoms with van der Waals surface area (Å²) in [7, 11) is 0. The summed E-state index contributed by atoms with van der Waals surface area (Å²) in [6.07, 6.45) is 0. The number of nitrogens with zero attached hydrogens (tertiary/aromatic N) is 1. The van der Waals surface area contributed by atoms with Gasteiger partial charge < -0.3 is 10.6 Å². The smallest absolute Gasteiger partial charge is 0.319 e. The lowest BCUT2D eigenvalue weighted by molar-refractivity contribution is 0.249. The van der Waals surface area contributed by atoms with Gasteiger partial charge in [-0.15, -0.1) is 0 Å². The maximum Gasteiger partial charge on any atom is 0.319 e. The maximum absolute atomic E-state index is 11.6. The Bertz CT molecular complexity index is 446. The lowest BCUT2D eigenvalue weighted by Crippen LogP contribution is -2.36. The van der Waals surface area contributed by atoms with Crippen LogP contribution in [0.2, 0.25) is 0 Å². The van der Waals surface area contributed by atoms with Crippen molar-refractivity contribution in [3.05, 3.63) is 29.8 Å². The second-order valence-electron chi connectivity index (χ2n) is 4.67. The van der Waals surface area contributed by atoms with E-state index in [4.69, 9.17) is 5.26 Å². The largest absolute Gasteiger partial charge is 0.336 e. The lowest BCUT2D eigenvalue weighted by Gasteiger charge is -2.16. The number of carbonyl (C=O) groups excluding carboxylic acids is 1. The van der Waals surface area contributed by atoms with Gasteiger partial charge in [-0.05, 0) is 38.5 Å². The molecule has 0 aromatic heterocycles. The quantitative estimate of drug-likeness (QED) is 0.840. The first-order chi connectivity index (χ1) is 7.93. The standard InChI is InChI=1S/C13H17N3O/c1-10-5-4-6-11(7-10)16-12(17)15-9-13(2,3)8-14/h4-7H,9H2,1-3H3,(H2,15,16,17). The van der Waals surface area contributed by atoms with Gasteiger partial charge in [-0.2, -0.15) is 5.26 Å². The molecular formula is C13H17N3O. The topological polar surface area (TPSA) is 64.9 Å². The predicted molar refractivity (Wildman–Crippen MR) is 67.6 cm³/mol. The SMILES string of the molecule is Cc1cccc(NC(=O)NCC(C)(C)C#N)c1. The fourth-order valence-corrected chi connectivity index (χ4v) is 1.24. The van der Waals surface area contributed by atoms with E-state index in [1.807, 2.05) is 31.2 Å². The van der Waals surface area contributed by atoms with Crippen LogP contribution < -0.4 is 10.6 Å². The summed E-state index contributed by atoms with van der Waals surface area (Å²) in [5, 5.41) is 14.2. The molecule has 0 radical (unpaired) electrons. The molecule has 1 aromatic carbocycles. The molecule has 1 aromatic rings. The normalized spacial score (nSPS) is 10.5. The van der Waals surface area contributed by atoms with Crippen LogP contribution in [-0.4, -0.2) is 12.6 Å². The zero-order valence-electron chi connectivity index (χ0n) is 10.4. The number of nitriles is 1. The molecule has 0 unspecified atom stereocenters. The molecule has 0 fully saturated rings. The van der Waals surface area contributed by atoms with Crippen LogP contribution in [-0.2, 0) is 0 Å². The molecule has 90 valence electrons. The van der Waals surface area contributed by atoms with Crippen LogP contribution in [0.3, 0.4) is 0 Å². The number of anilines is 1. The third-order valence-corrected chi connectivity index (χ3v) is 2.27. The van der Waals surface area contributed by atoms with E-state index in [-0.39, 0.29) is 6.03 Å². The van der Waals surface area contributed by atoms with E-state index in [0.717, 1.165) is 11.3 Å². The average Bonchev–Trinajstić information content (AvgIpc) is 2.27. The minimum atomic E-state index is -0.552. The molecule has 2 amide bonds. The summed E-state index contributed by atoms with van der Waals surface area (Å²) in [4.78, 5) is 11.6. The maximum atomic E-state index is 11.6. The second-order valence-corrected chi connectivity index (χ2v) is 4.67. The molecule has 0 atom stereocenters. The lowest BCUT2D eigenvalue weighted by atomic mass is 9.96. The molecule has 4 nitrogen and oxygen atoms in total. The monoisotopic (exact) mass is 231 g/mol. The number of hydrogen-bond donors (Lipinski definition) is 2. The van der Waals surface area contributed by atoms with Gasteiger partial charge in [0.2, 0.25) is 0 Å². The van der Waals surface area contributed by atoms with Crippen molar-refractivity contribution in [2.45, 2.75) is 20.8 Å². The molecule has 2 N–H and O–H groups in total. The van der Waals surface area contributed by atoms with E-state index in [1.54, 1.807) is 13.8 Å². The van der Waals surface area contributed by atoms with E-state index in [0.29, 0.717) is 6.54 Å². The third-order valence-electron chi connectivity index (χ3n) is 2.27. The Kier molecular flexibility index (Phi) is 4.11. The Morgan fingerprint density at radius 1 is 1.47 bits per heavy atom. The second kappa shape index (κ2) is 5.35. The predicted octanol–water partition coefficient (Wildman–Crippen LogP) is 2.67. The minimum Gasteiger partial charge on any atom is -0.336 e. The molecular weight excluding hydrogens is 214 g/mol. The van der Waals surface area contributed by atoms with Crippen molar-refractivity contribution in [3.63, 3.8) is 0 Å². The van der Waals surface area contributed by atoms with E-state index in [2.05, 4.69) is 16.7 Å². The minimum absolute atomic E-state index is 0.293. The Labute approximate surface area is 102 Å². The van der Waals surface area contributed by atoms with Crippen LogP contribution in [0.5, 0.6) is 0 Å². The summed E-state index contributed by atoms with van der Waals surface area (Å²) < 4.78 is 0. The number of benzene rings is 1. The highest BCUT2D eigenvalue weighted by molar-refractivity contribution is 5.89. The van der Waals surface area contributed by atoms with Crippen LogP contribution in [0.1, 0.15) is 19.4 Å². The molecule has 0 saturated carbocycles. The Hall–Kier alpha value is -2.02. The number of rotatable bonds is 3. The summed E-state index contributed by atoms with van der Waals surface area (Å²) in [6, 6.07) is 9.38. The first kappa shape index (κ1) is 13.0. The first-order valence-corrected chi connectivity index (χ1v) is 5.46. The fourth-order valence-electron chi connectivity index (χ4n) is 1.24. The van der Waals surface area contributed by atoms with E-state index < -0.39 is 5.41 Å². The highest BCUT2D eigenvalue weighted by Crippen LogP contribution is 2.11. The molecule has 0 aliphatic rings. The van der Waals surface area contributed by atoms with Gasteiger partial charge in [0.1, 0.15) is 0 Å². The summed E-state index contributed by atoms with van der Waals surface area (Å²) >= 11 is 0. The number of aryl methyl sites for hydroxylation is 1. The van der Waals surface area contributed by atoms with Crippen LogP contribution in [0, 0.1) is 23.7 Å². The Morgan fingerprint density at radius 2 is 2.18 bits per heavy atom. The molecule has 0 aliphatic heterocycles. The zero-order chi connectivity index (χ0) is 12.9. The highest BCUT2D eigenvalue weighted by atomic mass is 16.2. The Morgan fingerprint density at radius 3 is 2.76 bits per heavy atom. The van der Waals surface area contributed by atoms with Gasteiger partial charge in [0, 0.05) is 12.2 Å². The van der Waals surface area contributed by atoms with E-state index in [1.165, 1.54) is 0 Å². The number of urea groups is 1. The van der Waals surface area contributed by atoms with Crippen molar-refractivity contribution in [1.29, 1.82) is 5.26 Å². The van der Waals surface area contributed by atoms with Gasteiger partial charge in [-0.1, -0.05) is 12.1 Å². The van der Waals surface area contributed by atoms with Crippen molar-refractivity contribution in [3.8, 4) is 6.07 Å². The highest BCUT2D eigenvalue weighted by Gasteiger charge is 2.17. The van der Waals surface area contributed by atoms with Crippen molar-refractivity contribution >= 4 is 11.7 Å². The molecule has 0 saturated heterocycles. The summed E-state index contributed by atoms with van der Waals surface area (Å²) in [5.74, 6) is 0. The number of carbonyl (C=O) groups is 1. The Balaban J connectivity index is 2.49. The third kappa shape index (κ3) is 4.56. The van der Waals surface area contributed by atoms with E-state index >= 15 is 0 Å². The van der Waals surface area contributed by atoms with Crippen molar-refractivity contribution in [2.24, 2.45) is 5.41 Å². The number of nitrogens with one attached hydrogen (secondary N) is 2. The van der Waals surface area contributed by atoms with Crippen molar-refractivity contribution in [1.82, 2.24) is 5.32 Å². The van der Waals surface area contributed by atoms with Crippen molar-refractivity contribution in [2.75, 3.05) is 11.9 Å². The molecule has 4 heteroatoms. The molecule has 0 spiro atoms. The first-order valence-electron chi connectivity index (χ1n) is 5.46. The van der Waals surface area contributed by atoms with Crippen LogP contribution in [0.4, 0.5) is 10.5 Å². The molecule has 17 heavy (non-hydrogen) atoms. The van der Waals surface area contributed by atoms with Gasteiger partial charge in [0.25, 0.3) is 0 Å². The molecule has 0 aliphatic carbocycles. The molecule has 0 bridgehead atoms. The van der Waals surface area contributed by atoms with Gasteiger partial charge in [-0.3, -0.25) is 0 Å². The van der Waals surface area contributed by atoms with Gasteiger partial charge in [0.15, 0.2) is 0 Å². The summed E-state index contributed by atoms with van der Waals surface area (Å²) in [6.45, 7) is 5.84. The van der Waals surface area contributed by atoms with Crippen LogP contribution in [0.25, 0.3) is 0 Å². The summed E-state index contributed by atoms with van der Waals surface area (Å²) in [5.41, 5.74) is 1.28. The van der Waals surface area contributed by atoms with Crippen LogP contribution in [0.15, 0.2) is 24.3 Å². The van der Waals surface area contributed by atoms with Gasteiger partial charge in [-0.25, -0.2) is 4.79 Å². The average molecular weight is 231 g/mol. The van der Waals surface area contributed by atoms with Gasteiger partial charge in [0.05, 0.1) is 11.5 Å². The number of hydrogen-bond acceptors (Lipinski definition) is 2. The number of amides is 2. The van der Waals surface area contributed by atoms with Crippen LogP contribution >= 0.6 is 0 Å².